The summed E-state index contributed by atoms with van der Waals surface area (Å²) in [7, 11) is 4.22. The minimum absolute atomic E-state index is 1.11. The number of nitrogens with one attached hydrogen (secondary N) is 1. The van der Waals surface area contributed by atoms with Crippen LogP contribution in [-0.2, 0) is 11.4 Å². The van der Waals surface area contributed by atoms with Crippen LogP contribution in [0.3, 0.4) is 0 Å². The predicted octanol–water partition coefficient (Wildman–Crippen LogP) is -1.79. The first kappa shape index (κ1) is 10.6. The molecule has 1 rings (SSSR count). The Morgan fingerprint density at radius 3 is 2.36 bits per heavy atom. The third kappa shape index (κ3) is 7.47. The van der Waals surface area contributed by atoms with E-state index in [4.69, 9.17) is 13.3 Å². The Bertz CT molecular complexity index is 148. The average molecular weight is 180 g/mol. The van der Waals surface area contributed by atoms with Crippen LogP contribution in [0.5, 0.6) is 0 Å². The van der Waals surface area contributed by atoms with Crippen LogP contribution in [0.15, 0.2) is 12.4 Å². The average Bonchev–Trinajstić information content (AvgIpc) is 2.13. The van der Waals surface area contributed by atoms with E-state index in [0.29, 0.717) is 0 Å². The zero-order valence-corrected chi connectivity index (χ0v) is 7.30. The molecule has 0 saturated carbocycles. The van der Waals surface area contributed by atoms with E-state index in [2.05, 4.69) is 31.4 Å². The Morgan fingerprint density at radius 2 is 2.27 bits per heavy atom. The highest BCUT2D eigenvalue weighted by atomic mass is 32.2. The van der Waals surface area contributed by atoms with Crippen molar-refractivity contribution in [1.82, 2.24) is 4.90 Å². The van der Waals surface area contributed by atoms with Gasteiger partial charge in [-0.05, 0) is 0 Å². The smallest absolute Gasteiger partial charge is 0.156 e. The molecular formula is C5H12N2O3S. The minimum Gasteiger partial charge on any atom is -0.750 e. The normalized spacial score (nSPS) is 24.4. The van der Waals surface area contributed by atoms with Gasteiger partial charge in [0.05, 0.1) is 24.6 Å². The Hall–Kier alpha value is -0.430. The molecule has 0 bridgehead atoms. The summed E-state index contributed by atoms with van der Waals surface area (Å²) >= 11 is -2.86. The van der Waals surface area contributed by atoms with Crippen LogP contribution in [-0.4, -0.2) is 39.0 Å². The minimum atomic E-state index is -2.86. The fourth-order valence-electron chi connectivity index (χ4n) is 0.753. The van der Waals surface area contributed by atoms with E-state index in [1.807, 2.05) is 0 Å². The molecule has 1 aliphatic heterocycles. The molecule has 6 heteroatoms. The lowest BCUT2D eigenvalue weighted by Crippen LogP contribution is -3.03. The topological polar surface area (TPSA) is 68.0 Å². The second-order valence-corrected chi connectivity index (χ2v) is 2.73. The zero-order chi connectivity index (χ0) is 8.85. The second kappa shape index (κ2) is 5.25. The van der Waals surface area contributed by atoms with Gasteiger partial charge < -0.3 is 14.0 Å². The van der Waals surface area contributed by atoms with Crippen LogP contribution in [0.1, 0.15) is 0 Å². The van der Waals surface area contributed by atoms with Gasteiger partial charge in [-0.15, -0.1) is 0 Å². The lowest BCUT2D eigenvalue weighted by molar-refractivity contribution is -0.826. The molecule has 2 N–H and O–H groups in total. The Balaban J connectivity index is 0.000000218. The van der Waals surface area contributed by atoms with Crippen molar-refractivity contribution in [3.05, 3.63) is 12.4 Å². The highest BCUT2D eigenvalue weighted by Crippen LogP contribution is 1.79. The maximum Gasteiger partial charge on any atom is 0.156 e. The van der Waals surface area contributed by atoms with Crippen molar-refractivity contribution in [2.24, 2.45) is 0 Å². The fraction of sp³-hybridized carbons (Fsp3) is 0.600. The molecule has 0 radical (unpaired) electrons. The summed E-state index contributed by atoms with van der Waals surface area (Å²) in [5.74, 6) is 0. The van der Waals surface area contributed by atoms with Crippen molar-refractivity contribution in [3.63, 3.8) is 0 Å². The van der Waals surface area contributed by atoms with Crippen LogP contribution < -0.4 is 4.90 Å². The molecule has 2 atom stereocenters. The van der Waals surface area contributed by atoms with Crippen molar-refractivity contribution in [1.29, 1.82) is 0 Å². The molecule has 0 spiro atoms. The molecule has 1 heterocycles. The summed E-state index contributed by atoms with van der Waals surface area (Å²) < 4.78 is 24.1. The van der Waals surface area contributed by atoms with Gasteiger partial charge >= 0.3 is 0 Å². The van der Waals surface area contributed by atoms with E-state index in [9.17, 15) is 0 Å². The highest BCUT2D eigenvalue weighted by Gasteiger charge is 2.05. The monoisotopic (exact) mass is 180 g/mol. The quantitative estimate of drug-likeness (QED) is 0.432. The maximum atomic E-state index is 8.56. The van der Waals surface area contributed by atoms with Crippen molar-refractivity contribution in [2.75, 3.05) is 20.8 Å². The van der Waals surface area contributed by atoms with Gasteiger partial charge in [-0.25, -0.2) is 4.21 Å². The zero-order valence-electron chi connectivity index (χ0n) is 6.48. The summed E-state index contributed by atoms with van der Waals surface area (Å²) in [5, 5.41) is 0. The largest absolute Gasteiger partial charge is 0.750 e. The van der Waals surface area contributed by atoms with Gasteiger partial charge in [-0.1, -0.05) is 0 Å². The summed E-state index contributed by atoms with van der Waals surface area (Å²) in [6, 6.07) is 0. The van der Waals surface area contributed by atoms with Gasteiger partial charge in [0.15, 0.2) is 6.67 Å². The first-order valence-corrected chi connectivity index (χ1v) is 4.04. The number of rotatable bonds is 0. The predicted molar refractivity (Wildman–Crippen MR) is 40.2 cm³/mol. The van der Waals surface area contributed by atoms with Crippen molar-refractivity contribution in [3.8, 4) is 0 Å². The summed E-state index contributed by atoms with van der Waals surface area (Å²) in [6.45, 7) is 1.11. The molecule has 1 aliphatic rings. The first-order chi connectivity index (χ1) is 5.02. The molecule has 0 fully saturated rings. The highest BCUT2D eigenvalue weighted by molar-refractivity contribution is 7.73. The van der Waals surface area contributed by atoms with Crippen molar-refractivity contribution < 1.29 is 18.2 Å². The molecule has 0 amide bonds. The van der Waals surface area contributed by atoms with Crippen LogP contribution in [0.4, 0.5) is 0 Å². The molecule has 2 unspecified atom stereocenters. The Labute approximate surface area is 68.4 Å². The van der Waals surface area contributed by atoms with Crippen LogP contribution in [0.25, 0.3) is 0 Å². The van der Waals surface area contributed by atoms with Crippen molar-refractivity contribution >= 4 is 11.4 Å². The lowest BCUT2D eigenvalue weighted by Gasteiger charge is -2.05. The summed E-state index contributed by atoms with van der Waals surface area (Å²) in [6.07, 6.45) is 4.23. The third-order valence-corrected chi connectivity index (χ3v) is 1.11. The van der Waals surface area contributed by atoms with Crippen LogP contribution >= 0.6 is 0 Å². The number of hydrogen-bond donors (Lipinski definition) is 2. The lowest BCUT2D eigenvalue weighted by atomic mass is 10.9. The van der Waals surface area contributed by atoms with E-state index < -0.39 is 11.4 Å². The fourth-order valence-corrected chi connectivity index (χ4v) is 0.753. The molecule has 0 saturated heterocycles. The van der Waals surface area contributed by atoms with E-state index in [1.165, 1.54) is 4.90 Å². The Kier molecular flexibility index (Phi) is 5.05. The van der Waals surface area contributed by atoms with E-state index in [1.54, 1.807) is 0 Å². The molecule has 0 aromatic rings. The van der Waals surface area contributed by atoms with Crippen molar-refractivity contribution in [2.45, 2.75) is 0 Å². The van der Waals surface area contributed by atoms with E-state index in [-0.39, 0.29) is 0 Å². The van der Waals surface area contributed by atoms with Gasteiger partial charge in [0.2, 0.25) is 0 Å². The van der Waals surface area contributed by atoms with Crippen LogP contribution in [0.2, 0.25) is 0 Å². The van der Waals surface area contributed by atoms with Crippen LogP contribution in [0, 0.1) is 0 Å². The standard InChI is InChI=1S/C5H10N2.H2O3S/c1-6-3-4-7(2)5-6;1-4(2)3/h3-4H,5H2,1-2H3;(H2,1,2,3). The van der Waals surface area contributed by atoms with Gasteiger partial charge in [0, 0.05) is 7.05 Å². The molecule has 66 valence electrons. The van der Waals surface area contributed by atoms with Gasteiger partial charge in [0.1, 0.15) is 6.20 Å². The maximum absolute atomic E-state index is 8.56. The first-order valence-electron chi connectivity index (χ1n) is 3.01. The summed E-state index contributed by atoms with van der Waals surface area (Å²) in [4.78, 5) is 3.61. The number of quaternary nitrogens is 1. The van der Waals surface area contributed by atoms with Gasteiger partial charge in [-0.2, -0.15) is 0 Å². The Morgan fingerprint density at radius 1 is 1.82 bits per heavy atom. The third-order valence-electron chi connectivity index (χ3n) is 1.11. The number of nitrogens with zero attached hydrogens (tertiary/aromatic N) is 1. The van der Waals surface area contributed by atoms with E-state index in [0.717, 1.165) is 6.67 Å². The molecule has 0 aliphatic carbocycles. The van der Waals surface area contributed by atoms with E-state index >= 15 is 0 Å². The SMILES string of the molecule is CN1C=C[NH+](C)C1.O=S([O-])O. The molecule has 0 aromatic carbocycles. The van der Waals surface area contributed by atoms with Gasteiger partial charge in [0.25, 0.3) is 0 Å². The molecular weight excluding hydrogens is 168 g/mol. The molecule has 5 nitrogen and oxygen atoms in total. The number of hydrogen-bond acceptors (Lipinski definition) is 3. The van der Waals surface area contributed by atoms with Gasteiger partial charge in [-0.3, -0.25) is 4.90 Å². The molecule has 0 aromatic heterocycles. The summed E-state index contributed by atoms with van der Waals surface area (Å²) in [5.41, 5.74) is 0. The molecule has 11 heavy (non-hydrogen) atoms. The second-order valence-electron chi connectivity index (χ2n) is 2.29.